The van der Waals surface area contributed by atoms with Crippen LogP contribution in [0.5, 0.6) is 0 Å². The number of piperazine rings is 1. The van der Waals surface area contributed by atoms with Gasteiger partial charge in [0.15, 0.2) is 0 Å². The maximum absolute atomic E-state index is 13.1. The summed E-state index contributed by atoms with van der Waals surface area (Å²) in [6.07, 6.45) is -2.39. The van der Waals surface area contributed by atoms with Gasteiger partial charge < -0.3 is 10.2 Å². The molecule has 5 nitrogen and oxygen atoms in total. The number of carbonyl (C=O) groups is 1. The molecule has 1 unspecified atom stereocenters. The van der Waals surface area contributed by atoms with Crippen molar-refractivity contribution in [2.75, 3.05) is 19.6 Å². The van der Waals surface area contributed by atoms with Crippen molar-refractivity contribution in [2.24, 2.45) is 5.92 Å². The lowest BCUT2D eigenvalue weighted by atomic mass is 10.1. The van der Waals surface area contributed by atoms with Gasteiger partial charge in [-0.05, 0) is 19.8 Å². The van der Waals surface area contributed by atoms with Crippen LogP contribution in [0.25, 0.3) is 0 Å². The molecule has 7 heteroatoms. The van der Waals surface area contributed by atoms with Crippen molar-refractivity contribution < 1.29 is 13.6 Å². The largest absolute Gasteiger partial charge is 0.331 e. The van der Waals surface area contributed by atoms with E-state index in [1.54, 1.807) is 0 Å². The summed E-state index contributed by atoms with van der Waals surface area (Å²) in [6, 6.07) is -1.04. The Morgan fingerprint density at radius 3 is 2.70 bits per heavy atom. The SMILES string of the molecule is Cc1nn(CC(C)C)c(C)c1CC(=O)N1CCNCC1C(F)F. The lowest BCUT2D eigenvalue weighted by molar-refractivity contribution is -0.137. The van der Waals surface area contributed by atoms with Crippen LogP contribution in [0.2, 0.25) is 0 Å². The predicted octanol–water partition coefficient (Wildman–Crippen LogP) is 1.76. The average molecular weight is 328 g/mol. The van der Waals surface area contributed by atoms with Crippen LogP contribution in [-0.4, -0.2) is 52.7 Å². The predicted molar refractivity (Wildman–Crippen MR) is 84.6 cm³/mol. The Morgan fingerprint density at radius 1 is 1.39 bits per heavy atom. The smallest absolute Gasteiger partial charge is 0.259 e. The Labute approximate surface area is 136 Å². The highest BCUT2D eigenvalue weighted by molar-refractivity contribution is 5.79. The topological polar surface area (TPSA) is 50.2 Å². The van der Waals surface area contributed by atoms with Gasteiger partial charge in [-0.3, -0.25) is 9.48 Å². The minimum atomic E-state index is -2.53. The Morgan fingerprint density at radius 2 is 2.09 bits per heavy atom. The van der Waals surface area contributed by atoms with E-state index < -0.39 is 12.5 Å². The molecule has 2 rings (SSSR count). The van der Waals surface area contributed by atoms with Gasteiger partial charge in [-0.15, -0.1) is 0 Å². The molecule has 1 N–H and O–H groups in total. The second-order valence-corrected chi connectivity index (χ2v) is 6.60. The quantitative estimate of drug-likeness (QED) is 0.896. The number of alkyl halides is 2. The second-order valence-electron chi connectivity index (χ2n) is 6.60. The molecule has 0 aliphatic carbocycles. The standard InChI is InChI=1S/C16H26F2N4O/c1-10(2)9-22-12(4)13(11(3)20-22)7-15(23)21-6-5-19-8-14(21)16(17)18/h10,14,16,19H,5-9H2,1-4H3. The number of hydrogen-bond donors (Lipinski definition) is 1. The van der Waals surface area contributed by atoms with Crippen molar-refractivity contribution in [1.29, 1.82) is 0 Å². The summed E-state index contributed by atoms with van der Waals surface area (Å²) in [6.45, 7) is 9.83. The van der Waals surface area contributed by atoms with Gasteiger partial charge in [-0.25, -0.2) is 8.78 Å². The minimum Gasteiger partial charge on any atom is -0.331 e. The normalized spacial score (nSPS) is 19.0. The van der Waals surface area contributed by atoms with Crippen molar-refractivity contribution in [2.45, 2.75) is 53.1 Å². The van der Waals surface area contributed by atoms with Crippen LogP contribution in [0.3, 0.4) is 0 Å². The molecule has 1 aromatic rings. The zero-order chi connectivity index (χ0) is 17.1. The highest BCUT2D eigenvalue weighted by Crippen LogP contribution is 2.19. The van der Waals surface area contributed by atoms with E-state index in [-0.39, 0.29) is 18.9 Å². The molecular weight excluding hydrogens is 302 g/mol. The number of nitrogens with zero attached hydrogens (tertiary/aromatic N) is 3. The molecule has 1 fully saturated rings. The number of amides is 1. The molecule has 1 aliphatic heterocycles. The van der Waals surface area contributed by atoms with Crippen molar-refractivity contribution in [3.05, 3.63) is 17.0 Å². The second kappa shape index (κ2) is 7.38. The van der Waals surface area contributed by atoms with Gasteiger partial charge in [0.2, 0.25) is 5.91 Å². The zero-order valence-electron chi connectivity index (χ0n) is 14.3. The molecule has 0 spiro atoms. The third kappa shape index (κ3) is 4.07. The summed E-state index contributed by atoms with van der Waals surface area (Å²) in [4.78, 5) is 13.9. The van der Waals surface area contributed by atoms with E-state index in [1.165, 1.54) is 4.90 Å². The maximum atomic E-state index is 13.1. The molecule has 0 bridgehead atoms. The molecule has 0 saturated carbocycles. The van der Waals surface area contributed by atoms with Crippen LogP contribution in [0, 0.1) is 19.8 Å². The molecule has 130 valence electrons. The highest BCUT2D eigenvalue weighted by Gasteiger charge is 2.33. The average Bonchev–Trinajstić information content (AvgIpc) is 2.74. The fourth-order valence-corrected chi connectivity index (χ4v) is 3.03. The third-order valence-electron chi connectivity index (χ3n) is 4.29. The monoisotopic (exact) mass is 328 g/mol. The zero-order valence-corrected chi connectivity index (χ0v) is 14.3. The Bertz CT molecular complexity index is 557. The summed E-state index contributed by atoms with van der Waals surface area (Å²) >= 11 is 0. The fraction of sp³-hybridized carbons (Fsp3) is 0.750. The van der Waals surface area contributed by atoms with Crippen molar-refractivity contribution in [3.63, 3.8) is 0 Å². The van der Waals surface area contributed by atoms with Crippen LogP contribution in [0.15, 0.2) is 0 Å². The molecule has 0 aromatic carbocycles. The van der Waals surface area contributed by atoms with Crippen LogP contribution in [-0.2, 0) is 17.8 Å². The number of nitrogens with one attached hydrogen (secondary N) is 1. The molecule has 1 aliphatic rings. The van der Waals surface area contributed by atoms with Gasteiger partial charge in [-0.1, -0.05) is 13.8 Å². The summed E-state index contributed by atoms with van der Waals surface area (Å²) in [5.41, 5.74) is 2.62. The minimum absolute atomic E-state index is 0.138. The van der Waals surface area contributed by atoms with Crippen LogP contribution in [0.1, 0.15) is 30.8 Å². The van der Waals surface area contributed by atoms with Crippen LogP contribution < -0.4 is 5.32 Å². The third-order valence-corrected chi connectivity index (χ3v) is 4.29. The molecule has 1 amide bonds. The molecule has 1 saturated heterocycles. The molecule has 1 atom stereocenters. The summed E-state index contributed by atoms with van der Waals surface area (Å²) < 4.78 is 28.2. The van der Waals surface area contributed by atoms with E-state index in [4.69, 9.17) is 0 Å². The van der Waals surface area contributed by atoms with Gasteiger partial charge in [0.25, 0.3) is 6.43 Å². The first kappa shape index (κ1) is 17.8. The number of carbonyl (C=O) groups excluding carboxylic acids is 1. The molecule has 1 aromatic heterocycles. The first-order valence-corrected chi connectivity index (χ1v) is 8.12. The van der Waals surface area contributed by atoms with E-state index in [0.717, 1.165) is 23.5 Å². The van der Waals surface area contributed by atoms with E-state index in [1.807, 2.05) is 18.5 Å². The van der Waals surface area contributed by atoms with Gasteiger partial charge in [0.1, 0.15) is 6.04 Å². The summed E-state index contributed by atoms with van der Waals surface area (Å²) in [5, 5.41) is 7.41. The first-order chi connectivity index (χ1) is 10.8. The number of rotatable bonds is 5. The Hall–Kier alpha value is -1.50. The number of hydrogen-bond acceptors (Lipinski definition) is 3. The molecule has 2 heterocycles. The van der Waals surface area contributed by atoms with Crippen LogP contribution >= 0.6 is 0 Å². The number of aryl methyl sites for hydroxylation is 1. The van der Waals surface area contributed by atoms with Crippen molar-refractivity contribution in [3.8, 4) is 0 Å². The fourth-order valence-electron chi connectivity index (χ4n) is 3.03. The van der Waals surface area contributed by atoms with Gasteiger partial charge in [-0.2, -0.15) is 5.10 Å². The van der Waals surface area contributed by atoms with Gasteiger partial charge in [0.05, 0.1) is 12.1 Å². The lowest BCUT2D eigenvalue weighted by Crippen LogP contribution is -2.57. The van der Waals surface area contributed by atoms with E-state index in [9.17, 15) is 13.6 Å². The Balaban J connectivity index is 2.15. The Kier molecular flexibility index (Phi) is 5.73. The summed E-state index contributed by atoms with van der Waals surface area (Å²) in [7, 11) is 0. The summed E-state index contributed by atoms with van der Waals surface area (Å²) in [5.74, 6) is 0.208. The van der Waals surface area contributed by atoms with E-state index >= 15 is 0 Å². The van der Waals surface area contributed by atoms with Crippen LogP contribution in [0.4, 0.5) is 8.78 Å². The number of halogens is 2. The van der Waals surface area contributed by atoms with E-state index in [0.29, 0.717) is 19.0 Å². The van der Waals surface area contributed by atoms with Gasteiger partial charge in [0, 0.05) is 37.4 Å². The van der Waals surface area contributed by atoms with Crippen molar-refractivity contribution in [1.82, 2.24) is 20.0 Å². The maximum Gasteiger partial charge on any atom is 0.259 e. The molecule has 0 radical (unpaired) electrons. The lowest BCUT2D eigenvalue weighted by Gasteiger charge is -2.35. The number of aromatic nitrogens is 2. The molecular formula is C16H26F2N4O. The van der Waals surface area contributed by atoms with Crippen molar-refractivity contribution >= 4 is 5.91 Å². The highest BCUT2D eigenvalue weighted by atomic mass is 19.3. The van der Waals surface area contributed by atoms with E-state index in [2.05, 4.69) is 24.3 Å². The molecule has 23 heavy (non-hydrogen) atoms. The van der Waals surface area contributed by atoms with Gasteiger partial charge >= 0.3 is 0 Å². The first-order valence-electron chi connectivity index (χ1n) is 8.12.